The van der Waals surface area contributed by atoms with Crippen LogP contribution in [0.25, 0.3) is 0 Å². The summed E-state index contributed by atoms with van der Waals surface area (Å²) in [7, 11) is -0.561. The van der Waals surface area contributed by atoms with Crippen LogP contribution in [-0.2, 0) is 21.4 Å². The van der Waals surface area contributed by atoms with Gasteiger partial charge in [-0.15, -0.1) is 0 Å². The lowest BCUT2D eigenvalue weighted by molar-refractivity contribution is -0.135. The number of rotatable bonds is 6. The van der Waals surface area contributed by atoms with Crippen LogP contribution in [0.1, 0.15) is 26.0 Å². The Morgan fingerprint density at radius 2 is 1.66 bits per heavy atom. The summed E-state index contributed by atoms with van der Waals surface area (Å²) in [4.78, 5) is 19.2. The molecule has 2 aliphatic heterocycles. The molecule has 2 unspecified atom stereocenters. The van der Waals surface area contributed by atoms with Gasteiger partial charge in [-0.2, -0.15) is 0 Å². The molecule has 0 aromatic carbocycles. The number of hydrogen-bond donors (Lipinski definition) is 0. The van der Waals surface area contributed by atoms with Gasteiger partial charge in [-0.3, -0.25) is 14.6 Å². The first-order valence-electron chi connectivity index (χ1n) is 10.4. The molecule has 8 nitrogen and oxygen atoms in total. The largest absolute Gasteiger partial charge is 0.447 e. The van der Waals surface area contributed by atoms with E-state index in [0.29, 0.717) is 30.7 Å². The SMILES string of the molecule is CC1CC(C)CN(C(=O)CN2CCN(Cc3ccc(S(=O)(=O)N(C)C)o3)CC2)C1. The fourth-order valence-electron chi connectivity index (χ4n) is 4.25. The summed E-state index contributed by atoms with van der Waals surface area (Å²) in [6, 6.07) is 3.24. The first-order chi connectivity index (χ1) is 13.6. The van der Waals surface area contributed by atoms with E-state index in [1.54, 1.807) is 6.07 Å². The number of piperazine rings is 1. The quantitative estimate of drug-likeness (QED) is 0.679. The molecule has 0 radical (unpaired) electrons. The molecule has 0 aliphatic carbocycles. The Balaban J connectivity index is 1.46. The van der Waals surface area contributed by atoms with Gasteiger partial charge in [-0.1, -0.05) is 13.8 Å². The lowest BCUT2D eigenvalue weighted by Crippen LogP contribution is -2.51. The van der Waals surface area contributed by atoms with Crippen LogP contribution in [0.4, 0.5) is 0 Å². The van der Waals surface area contributed by atoms with E-state index in [-0.39, 0.29) is 11.0 Å². The second kappa shape index (κ2) is 9.16. The van der Waals surface area contributed by atoms with Crippen molar-refractivity contribution < 1.29 is 17.6 Å². The van der Waals surface area contributed by atoms with Crippen molar-refractivity contribution in [2.45, 2.75) is 31.9 Å². The number of carbonyl (C=O) groups is 1. The summed E-state index contributed by atoms with van der Waals surface area (Å²) in [5, 5.41) is -0.0216. The number of amides is 1. The van der Waals surface area contributed by atoms with E-state index in [0.717, 1.165) is 43.6 Å². The van der Waals surface area contributed by atoms with Crippen molar-refractivity contribution in [2.75, 3.05) is 59.9 Å². The van der Waals surface area contributed by atoms with Gasteiger partial charge in [0.2, 0.25) is 11.0 Å². The van der Waals surface area contributed by atoms with Gasteiger partial charge in [0, 0.05) is 53.4 Å². The normalized spacial score (nSPS) is 24.9. The molecule has 1 aromatic heterocycles. The molecular weight excluding hydrogens is 392 g/mol. The minimum absolute atomic E-state index is 0.0216. The highest BCUT2D eigenvalue weighted by Gasteiger charge is 2.28. The molecule has 1 aromatic rings. The topological polar surface area (TPSA) is 77.3 Å². The first-order valence-corrected chi connectivity index (χ1v) is 11.8. The Morgan fingerprint density at radius 3 is 2.24 bits per heavy atom. The molecular formula is C20H34N4O4S. The zero-order chi connectivity index (χ0) is 21.2. The van der Waals surface area contributed by atoms with E-state index < -0.39 is 10.0 Å². The molecule has 1 amide bonds. The molecule has 2 fully saturated rings. The molecule has 3 rings (SSSR count). The van der Waals surface area contributed by atoms with E-state index in [1.807, 2.05) is 4.90 Å². The minimum atomic E-state index is -3.54. The van der Waals surface area contributed by atoms with Gasteiger partial charge in [0.25, 0.3) is 10.0 Å². The number of piperidine rings is 1. The second-order valence-corrected chi connectivity index (χ2v) is 10.9. The molecule has 2 aliphatic rings. The summed E-state index contributed by atoms with van der Waals surface area (Å²) in [6.45, 7) is 10.6. The Bertz CT molecular complexity index is 789. The van der Waals surface area contributed by atoms with Gasteiger partial charge in [-0.05, 0) is 30.4 Å². The Hall–Kier alpha value is -1.42. The van der Waals surface area contributed by atoms with Gasteiger partial charge < -0.3 is 9.32 Å². The third-order valence-corrected chi connectivity index (χ3v) is 7.49. The van der Waals surface area contributed by atoms with Crippen molar-refractivity contribution in [1.29, 1.82) is 0 Å². The number of sulfonamides is 1. The van der Waals surface area contributed by atoms with Crippen molar-refractivity contribution in [3.63, 3.8) is 0 Å². The van der Waals surface area contributed by atoms with E-state index in [9.17, 15) is 13.2 Å². The lowest BCUT2D eigenvalue weighted by Gasteiger charge is -2.38. The summed E-state index contributed by atoms with van der Waals surface area (Å²) in [6.07, 6.45) is 1.20. The van der Waals surface area contributed by atoms with Crippen molar-refractivity contribution >= 4 is 15.9 Å². The monoisotopic (exact) mass is 426 g/mol. The van der Waals surface area contributed by atoms with E-state index >= 15 is 0 Å². The molecule has 0 spiro atoms. The van der Waals surface area contributed by atoms with Crippen LogP contribution in [0.15, 0.2) is 21.6 Å². The van der Waals surface area contributed by atoms with Crippen molar-refractivity contribution in [1.82, 2.24) is 19.0 Å². The number of hydrogen-bond acceptors (Lipinski definition) is 6. The predicted molar refractivity (Wildman–Crippen MR) is 111 cm³/mol. The maximum absolute atomic E-state index is 12.7. The summed E-state index contributed by atoms with van der Waals surface area (Å²) in [5.41, 5.74) is 0. The maximum Gasteiger partial charge on any atom is 0.275 e. The van der Waals surface area contributed by atoms with Gasteiger partial charge in [0.1, 0.15) is 5.76 Å². The van der Waals surface area contributed by atoms with E-state index in [1.165, 1.54) is 26.6 Å². The fraction of sp³-hybridized carbons (Fsp3) is 0.750. The van der Waals surface area contributed by atoms with Crippen LogP contribution in [-0.4, -0.2) is 93.2 Å². The molecule has 0 bridgehead atoms. The van der Waals surface area contributed by atoms with Crippen LogP contribution in [0.5, 0.6) is 0 Å². The first kappa shape index (κ1) is 22.3. The van der Waals surface area contributed by atoms with Crippen LogP contribution in [0.2, 0.25) is 0 Å². The van der Waals surface area contributed by atoms with Crippen LogP contribution >= 0.6 is 0 Å². The Morgan fingerprint density at radius 1 is 1.07 bits per heavy atom. The summed E-state index contributed by atoms with van der Waals surface area (Å²) in [5.74, 6) is 2.04. The number of carbonyl (C=O) groups excluding carboxylic acids is 1. The van der Waals surface area contributed by atoms with E-state index in [2.05, 4.69) is 23.6 Å². The highest BCUT2D eigenvalue weighted by molar-refractivity contribution is 7.88. The third-order valence-electron chi connectivity index (χ3n) is 5.80. The molecule has 0 saturated carbocycles. The van der Waals surface area contributed by atoms with Gasteiger partial charge >= 0.3 is 0 Å². The van der Waals surface area contributed by atoms with Gasteiger partial charge in [0.15, 0.2) is 0 Å². The standard InChI is InChI=1S/C20H34N4O4S/c1-16-11-17(2)13-24(12-16)19(25)15-23-9-7-22(8-10-23)14-18-5-6-20(28-18)29(26,27)21(3)4/h5-6,16-17H,7-15H2,1-4H3. The van der Waals surface area contributed by atoms with Crippen molar-refractivity contribution in [3.05, 3.63) is 17.9 Å². The van der Waals surface area contributed by atoms with E-state index in [4.69, 9.17) is 4.42 Å². The average Bonchev–Trinajstić information content (AvgIpc) is 3.11. The Kier molecular flexibility index (Phi) is 7.03. The van der Waals surface area contributed by atoms with Crippen molar-refractivity contribution in [3.8, 4) is 0 Å². The summed E-state index contributed by atoms with van der Waals surface area (Å²) >= 11 is 0. The summed E-state index contributed by atoms with van der Waals surface area (Å²) < 4.78 is 31.0. The number of likely N-dealkylation sites (tertiary alicyclic amines) is 1. The van der Waals surface area contributed by atoms with Crippen LogP contribution in [0.3, 0.4) is 0 Å². The molecule has 2 atom stereocenters. The average molecular weight is 427 g/mol. The predicted octanol–water partition coefficient (Wildman–Crippen LogP) is 1.15. The highest BCUT2D eigenvalue weighted by Crippen LogP contribution is 2.21. The van der Waals surface area contributed by atoms with Gasteiger partial charge in [-0.25, -0.2) is 12.7 Å². The minimum Gasteiger partial charge on any atom is -0.447 e. The zero-order valence-electron chi connectivity index (χ0n) is 18.0. The van der Waals surface area contributed by atoms with Crippen LogP contribution < -0.4 is 0 Å². The molecule has 2 saturated heterocycles. The zero-order valence-corrected chi connectivity index (χ0v) is 18.8. The molecule has 29 heavy (non-hydrogen) atoms. The Labute approximate surface area is 174 Å². The van der Waals surface area contributed by atoms with Gasteiger partial charge in [0.05, 0.1) is 13.1 Å². The molecule has 3 heterocycles. The number of furan rings is 1. The smallest absolute Gasteiger partial charge is 0.275 e. The van der Waals surface area contributed by atoms with Crippen LogP contribution in [0, 0.1) is 11.8 Å². The maximum atomic E-state index is 12.7. The highest BCUT2D eigenvalue weighted by atomic mass is 32.2. The second-order valence-electron chi connectivity index (χ2n) is 8.81. The molecule has 9 heteroatoms. The van der Waals surface area contributed by atoms with Crippen molar-refractivity contribution in [2.24, 2.45) is 11.8 Å². The number of nitrogens with zero attached hydrogens (tertiary/aromatic N) is 4. The third kappa shape index (κ3) is 5.59. The molecule has 164 valence electrons. The lowest BCUT2D eigenvalue weighted by atomic mass is 9.92. The fourth-order valence-corrected chi connectivity index (χ4v) is 5.06. The molecule has 0 N–H and O–H groups in total.